The summed E-state index contributed by atoms with van der Waals surface area (Å²) in [7, 11) is 0. The number of nitrogens with one attached hydrogen (secondary N) is 2. The minimum atomic E-state index is 0.740. The molecule has 2 aliphatic rings. The third kappa shape index (κ3) is 1.35. The summed E-state index contributed by atoms with van der Waals surface area (Å²) in [6, 6.07) is 1.49. The van der Waals surface area contributed by atoms with Crippen LogP contribution in [0.4, 0.5) is 0 Å². The number of H-pyrrole nitrogens is 1. The van der Waals surface area contributed by atoms with Gasteiger partial charge in [-0.15, -0.1) is 0 Å². The quantitative estimate of drug-likeness (QED) is 0.706. The number of aromatic amines is 1. The summed E-state index contributed by atoms with van der Waals surface area (Å²) >= 11 is 0. The standard InChI is InChI=1S/C10H16N4/c1-7-11-3-9(13-7)6-14-5-8-2-10(14)4-12-8/h3,8,10,12H,2,4-6H2,1H3,(H,11,13). The first-order chi connectivity index (χ1) is 6.81. The normalized spacial score (nSPS) is 31.5. The molecule has 0 amide bonds. The van der Waals surface area contributed by atoms with Gasteiger partial charge >= 0.3 is 0 Å². The first kappa shape index (κ1) is 8.44. The molecule has 4 nitrogen and oxygen atoms in total. The van der Waals surface area contributed by atoms with Gasteiger partial charge in [0, 0.05) is 43.6 Å². The molecule has 2 bridgehead atoms. The zero-order valence-electron chi connectivity index (χ0n) is 8.45. The smallest absolute Gasteiger partial charge is 0.103 e. The van der Waals surface area contributed by atoms with Crippen molar-refractivity contribution in [3.05, 3.63) is 17.7 Å². The topological polar surface area (TPSA) is 44.0 Å². The van der Waals surface area contributed by atoms with Gasteiger partial charge in [-0.1, -0.05) is 0 Å². The molecule has 76 valence electrons. The van der Waals surface area contributed by atoms with Crippen LogP contribution in [0.5, 0.6) is 0 Å². The van der Waals surface area contributed by atoms with Gasteiger partial charge in [0.1, 0.15) is 5.82 Å². The van der Waals surface area contributed by atoms with Crippen molar-refractivity contribution in [1.82, 2.24) is 20.2 Å². The van der Waals surface area contributed by atoms with Gasteiger partial charge in [-0.2, -0.15) is 0 Å². The second-order valence-corrected chi connectivity index (χ2v) is 4.42. The number of nitrogens with zero attached hydrogens (tertiary/aromatic N) is 2. The summed E-state index contributed by atoms with van der Waals surface area (Å²) in [5.41, 5.74) is 1.25. The van der Waals surface area contributed by atoms with Gasteiger partial charge in [-0.05, 0) is 13.3 Å². The molecular formula is C10H16N4. The lowest BCUT2D eigenvalue weighted by molar-refractivity contribution is 0.215. The van der Waals surface area contributed by atoms with E-state index in [0.717, 1.165) is 31.0 Å². The van der Waals surface area contributed by atoms with Crippen LogP contribution in [0.3, 0.4) is 0 Å². The molecule has 0 aromatic carbocycles. The summed E-state index contributed by atoms with van der Waals surface area (Å²) < 4.78 is 0. The van der Waals surface area contributed by atoms with Crippen LogP contribution in [0.15, 0.2) is 6.20 Å². The van der Waals surface area contributed by atoms with E-state index in [1.807, 2.05) is 13.1 Å². The fourth-order valence-electron chi connectivity index (χ4n) is 2.61. The van der Waals surface area contributed by atoms with Crippen molar-refractivity contribution in [1.29, 1.82) is 0 Å². The number of hydrogen-bond acceptors (Lipinski definition) is 3. The van der Waals surface area contributed by atoms with Crippen LogP contribution in [0.25, 0.3) is 0 Å². The SMILES string of the molecule is Cc1ncc(CN2CC3CC2CN3)[nH]1. The lowest BCUT2D eigenvalue weighted by Gasteiger charge is -2.26. The number of likely N-dealkylation sites (tertiary alicyclic amines) is 1. The van der Waals surface area contributed by atoms with E-state index in [2.05, 4.69) is 20.2 Å². The molecule has 2 N–H and O–H groups in total. The zero-order valence-corrected chi connectivity index (χ0v) is 8.45. The Bertz CT molecular complexity index is 333. The molecule has 2 aliphatic heterocycles. The molecule has 2 unspecified atom stereocenters. The van der Waals surface area contributed by atoms with Gasteiger partial charge in [0.05, 0.1) is 0 Å². The van der Waals surface area contributed by atoms with Crippen LogP contribution in [0.2, 0.25) is 0 Å². The molecule has 2 fully saturated rings. The fourth-order valence-corrected chi connectivity index (χ4v) is 2.61. The summed E-state index contributed by atoms with van der Waals surface area (Å²) in [6.45, 7) is 5.39. The largest absolute Gasteiger partial charge is 0.345 e. The summed E-state index contributed by atoms with van der Waals surface area (Å²) in [5.74, 6) is 1.02. The van der Waals surface area contributed by atoms with Crippen molar-refractivity contribution >= 4 is 0 Å². The number of piperazine rings is 1. The first-order valence-electron chi connectivity index (χ1n) is 5.29. The van der Waals surface area contributed by atoms with Crippen LogP contribution < -0.4 is 5.32 Å². The Hall–Kier alpha value is -0.870. The van der Waals surface area contributed by atoms with Crippen LogP contribution in [0, 0.1) is 6.92 Å². The third-order valence-corrected chi connectivity index (χ3v) is 3.30. The van der Waals surface area contributed by atoms with E-state index in [9.17, 15) is 0 Å². The molecule has 0 saturated carbocycles. The summed E-state index contributed by atoms with van der Waals surface area (Å²) in [6.07, 6.45) is 3.28. The maximum absolute atomic E-state index is 4.22. The molecule has 1 aromatic rings. The monoisotopic (exact) mass is 192 g/mol. The number of fused-ring (bicyclic) bond motifs is 2. The molecule has 2 atom stereocenters. The van der Waals surface area contributed by atoms with E-state index in [1.54, 1.807) is 0 Å². The van der Waals surface area contributed by atoms with Crippen molar-refractivity contribution in [3.63, 3.8) is 0 Å². The van der Waals surface area contributed by atoms with E-state index >= 15 is 0 Å². The number of aryl methyl sites for hydroxylation is 1. The Balaban J connectivity index is 1.68. The minimum Gasteiger partial charge on any atom is -0.345 e. The minimum absolute atomic E-state index is 0.740. The van der Waals surface area contributed by atoms with Gasteiger partial charge in [0.15, 0.2) is 0 Å². The van der Waals surface area contributed by atoms with Crippen molar-refractivity contribution in [2.45, 2.75) is 32.0 Å². The molecular weight excluding hydrogens is 176 g/mol. The van der Waals surface area contributed by atoms with E-state index in [4.69, 9.17) is 0 Å². The highest BCUT2D eigenvalue weighted by Gasteiger charge is 2.37. The average molecular weight is 192 g/mol. The van der Waals surface area contributed by atoms with Gasteiger partial charge in [0.25, 0.3) is 0 Å². The highest BCUT2D eigenvalue weighted by atomic mass is 15.3. The predicted octanol–water partition coefficient (Wildman–Crippen LogP) is 0.264. The van der Waals surface area contributed by atoms with Gasteiger partial charge in [0.2, 0.25) is 0 Å². The Morgan fingerprint density at radius 1 is 1.64 bits per heavy atom. The molecule has 3 rings (SSSR count). The second kappa shape index (κ2) is 3.07. The average Bonchev–Trinajstić information content (AvgIpc) is 2.82. The third-order valence-electron chi connectivity index (χ3n) is 3.30. The highest BCUT2D eigenvalue weighted by molar-refractivity contribution is 5.04. The fraction of sp³-hybridized carbons (Fsp3) is 0.700. The highest BCUT2D eigenvalue weighted by Crippen LogP contribution is 2.24. The van der Waals surface area contributed by atoms with E-state index < -0.39 is 0 Å². The molecule has 0 radical (unpaired) electrons. The number of rotatable bonds is 2. The zero-order chi connectivity index (χ0) is 9.54. The van der Waals surface area contributed by atoms with Crippen LogP contribution in [-0.4, -0.2) is 40.0 Å². The second-order valence-electron chi connectivity index (χ2n) is 4.42. The molecule has 2 saturated heterocycles. The lowest BCUT2D eigenvalue weighted by Crippen LogP contribution is -2.43. The van der Waals surface area contributed by atoms with Crippen molar-refractivity contribution in [2.75, 3.05) is 13.1 Å². The number of imidazole rings is 1. The van der Waals surface area contributed by atoms with Crippen molar-refractivity contribution in [3.8, 4) is 0 Å². The van der Waals surface area contributed by atoms with Crippen molar-refractivity contribution in [2.24, 2.45) is 0 Å². The van der Waals surface area contributed by atoms with Gasteiger partial charge < -0.3 is 10.3 Å². The maximum Gasteiger partial charge on any atom is 0.103 e. The molecule has 1 aromatic heterocycles. The van der Waals surface area contributed by atoms with E-state index in [1.165, 1.54) is 18.7 Å². The summed E-state index contributed by atoms with van der Waals surface area (Å²) in [4.78, 5) is 10.1. The van der Waals surface area contributed by atoms with Gasteiger partial charge in [-0.3, -0.25) is 4.90 Å². The lowest BCUT2D eigenvalue weighted by atomic mass is 10.2. The van der Waals surface area contributed by atoms with Crippen LogP contribution >= 0.6 is 0 Å². The van der Waals surface area contributed by atoms with E-state index in [-0.39, 0.29) is 0 Å². The van der Waals surface area contributed by atoms with Crippen molar-refractivity contribution < 1.29 is 0 Å². The first-order valence-corrected chi connectivity index (χ1v) is 5.29. The molecule has 3 heterocycles. The molecule has 14 heavy (non-hydrogen) atoms. The maximum atomic E-state index is 4.22. The molecule has 0 aliphatic carbocycles. The van der Waals surface area contributed by atoms with Crippen LogP contribution in [-0.2, 0) is 6.54 Å². The Morgan fingerprint density at radius 2 is 2.57 bits per heavy atom. The predicted molar refractivity (Wildman–Crippen MR) is 53.9 cm³/mol. The summed E-state index contributed by atoms with van der Waals surface area (Å²) in [5, 5.41) is 3.51. The van der Waals surface area contributed by atoms with Crippen LogP contribution in [0.1, 0.15) is 17.9 Å². The Morgan fingerprint density at radius 3 is 3.14 bits per heavy atom. The molecule has 4 heteroatoms. The van der Waals surface area contributed by atoms with E-state index in [0.29, 0.717) is 0 Å². The Labute approximate surface area is 83.7 Å². The molecule has 0 spiro atoms. The van der Waals surface area contributed by atoms with Gasteiger partial charge in [-0.25, -0.2) is 4.98 Å². The number of aromatic nitrogens is 2. The number of hydrogen-bond donors (Lipinski definition) is 2. The Kier molecular flexibility index (Phi) is 1.85.